The van der Waals surface area contributed by atoms with Crippen LogP contribution in [0.5, 0.6) is 0 Å². The normalized spacial score (nSPS) is 13.3. The zero-order valence-electron chi connectivity index (χ0n) is 11.7. The van der Waals surface area contributed by atoms with Gasteiger partial charge in [0.2, 0.25) is 0 Å². The molecule has 16 heavy (non-hydrogen) atoms. The van der Waals surface area contributed by atoms with E-state index in [0.29, 0.717) is 6.10 Å². The maximum atomic E-state index is 5.74. The predicted octanol–water partition coefficient (Wildman–Crippen LogP) is 3.61. The molecule has 0 heterocycles. The largest absolute Gasteiger partial charge is 0.377 e. The standard InChI is InChI=1S/C14H31NO/c1-5-6-7-10-15-12-14(4)16-11-8-9-13(2)3/h13-15H,5-12H2,1-4H3. The van der Waals surface area contributed by atoms with Crippen molar-refractivity contribution in [1.82, 2.24) is 5.32 Å². The summed E-state index contributed by atoms with van der Waals surface area (Å²) in [6.45, 7) is 12.0. The van der Waals surface area contributed by atoms with Crippen LogP contribution in [0.3, 0.4) is 0 Å². The summed E-state index contributed by atoms with van der Waals surface area (Å²) in [6, 6.07) is 0. The smallest absolute Gasteiger partial charge is 0.0671 e. The summed E-state index contributed by atoms with van der Waals surface area (Å²) in [5.41, 5.74) is 0. The topological polar surface area (TPSA) is 21.3 Å². The Hall–Kier alpha value is -0.0800. The van der Waals surface area contributed by atoms with Gasteiger partial charge < -0.3 is 10.1 Å². The molecule has 0 saturated heterocycles. The van der Waals surface area contributed by atoms with Gasteiger partial charge in [0.15, 0.2) is 0 Å². The fourth-order valence-corrected chi connectivity index (χ4v) is 1.64. The number of ether oxygens (including phenoxy) is 1. The monoisotopic (exact) mass is 229 g/mol. The summed E-state index contributed by atoms with van der Waals surface area (Å²) in [5.74, 6) is 0.797. The lowest BCUT2D eigenvalue weighted by Crippen LogP contribution is -2.28. The molecule has 0 fully saturated rings. The number of nitrogens with one attached hydrogen (secondary N) is 1. The molecule has 0 amide bonds. The molecule has 0 aromatic carbocycles. The van der Waals surface area contributed by atoms with Crippen molar-refractivity contribution in [1.29, 1.82) is 0 Å². The van der Waals surface area contributed by atoms with Gasteiger partial charge >= 0.3 is 0 Å². The van der Waals surface area contributed by atoms with Crippen molar-refractivity contribution < 1.29 is 4.74 Å². The van der Waals surface area contributed by atoms with Gasteiger partial charge in [-0.3, -0.25) is 0 Å². The zero-order valence-corrected chi connectivity index (χ0v) is 11.7. The molecule has 1 unspecified atom stereocenters. The van der Waals surface area contributed by atoms with Gasteiger partial charge in [-0.25, -0.2) is 0 Å². The molecule has 1 atom stereocenters. The first-order chi connectivity index (χ1) is 7.66. The second-order valence-corrected chi connectivity index (χ2v) is 5.13. The Kier molecular flexibility index (Phi) is 11.3. The van der Waals surface area contributed by atoms with Gasteiger partial charge in [-0.2, -0.15) is 0 Å². The van der Waals surface area contributed by atoms with Crippen LogP contribution in [0.2, 0.25) is 0 Å². The Morgan fingerprint density at radius 3 is 2.44 bits per heavy atom. The maximum Gasteiger partial charge on any atom is 0.0671 e. The highest BCUT2D eigenvalue weighted by atomic mass is 16.5. The Balaban J connectivity index is 3.15. The van der Waals surface area contributed by atoms with Gasteiger partial charge in [0, 0.05) is 13.2 Å². The van der Waals surface area contributed by atoms with Gasteiger partial charge in [-0.05, 0) is 38.6 Å². The van der Waals surface area contributed by atoms with Crippen molar-refractivity contribution in [3.63, 3.8) is 0 Å². The van der Waals surface area contributed by atoms with Gasteiger partial charge in [-0.15, -0.1) is 0 Å². The van der Waals surface area contributed by atoms with E-state index in [-0.39, 0.29) is 0 Å². The second kappa shape index (κ2) is 11.4. The van der Waals surface area contributed by atoms with Gasteiger partial charge in [0.05, 0.1) is 6.10 Å². The van der Waals surface area contributed by atoms with Crippen LogP contribution in [0, 0.1) is 5.92 Å². The van der Waals surface area contributed by atoms with Crippen molar-refractivity contribution in [2.75, 3.05) is 19.7 Å². The number of rotatable bonds is 11. The molecule has 98 valence electrons. The van der Waals surface area contributed by atoms with Crippen LogP contribution in [0.25, 0.3) is 0 Å². The third kappa shape index (κ3) is 12.0. The third-order valence-electron chi connectivity index (χ3n) is 2.72. The lowest BCUT2D eigenvalue weighted by atomic mass is 10.1. The molecule has 0 aliphatic carbocycles. The highest BCUT2D eigenvalue weighted by Crippen LogP contribution is 2.04. The maximum absolute atomic E-state index is 5.74. The van der Waals surface area contributed by atoms with E-state index in [1.54, 1.807) is 0 Å². The van der Waals surface area contributed by atoms with Crippen LogP contribution in [0.15, 0.2) is 0 Å². The molecule has 0 radical (unpaired) electrons. The molecule has 0 spiro atoms. The van der Waals surface area contributed by atoms with Crippen LogP contribution in [-0.2, 0) is 4.74 Å². The molecule has 0 rings (SSSR count). The third-order valence-corrected chi connectivity index (χ3v) is 2.72. The first-order valence-electron chi connectivity index (χ1n) is 6.99. The Morgan fingerprint density at radius 2 is 1.81 bits per heavy atom. The lowest BCUT2D eigenvalue weighted by molar-refractivity contribution is 0.0619. The molecular weight excluding hydrogens is 198 g/mol. The summed E-state index contributed by atoms with van der Waals surface area (Å²) < 4.78 is 5.74. The van der Waals surface area contributed by atoms with E-state index in [1.807, 2.05) is 0 Å². The van der Waals surface area contributed by atoms with Crippen molar-refractivity contribution in [3.05, 3.63) is 0 Å². The lowest BCUT2D eigenvalue weighted by Gasteiger charge is -2.14. The molecule has 2 heteroatoms. The van der Waals surface area contributed by atoms with Gasteiger partial charge in [0.25, 0.3) is 0 Å². The molecule has 0 aliphatic rings. The Labute approximate surface area is 102 Å². The number of unbranched alkanes of at least 4 members (excludes halogenated alkanes) is 2. The minimum absolute atomic E-state index is 0.355. The average molecular weight is 229 g/mol. The Morgan fingerprint density at radius 1 is 1.06 bits per heavy atom. The van der Waals surface area contributed by atoms with E-state index >= 15 is 0 Å². The van der Waals surface area contributed by atoms with Crippen LogP contribution >= 0.6 is 0 Å². The van der Waals surface area contributed by atoms with E-state index in [2.05, 4.69) is 33.0 Å². The highest BCUT2D eigenvalue weighted by Gasteiger charge is 2.01. The van der Waals surface area contributed by atoms with Crippen molar-refractivity contribution >= 4 is 0 Å². The van der Waals surface area contributed by atoms with Crippen LogP contribution in [0.4, 0.5) is 0 Å². The summed E-state index contributed by atoms with van der Waals surface area (Å²) >= 11 is 0. The minimum atomic E-state index is 0.355. The first kappa shape index (κ1) is 15.9. The van der Waals surface area contributed by atoms with Gasteiger partial charge in [0.1, 0.15) is 0 Å². The molecule has 0 saturated carbocycles. The molecule has 0 aromatic rings. The minimum Gasteiger partial charge on any atom is -0.377 e. The second-order valence-electron chi connectivity index (χ2n) is 5.13. The summed E-state index contributed by atoms with van der Waals surface area (Å²) in [6.07, 6.45) is 6.73. The summed E-state index contributed by atoms with van der Waals surface area (Å²) in [7, 11) is 0. The predicted molar refractivity (Wildman–Crippen MR) is 71.9 cm³/mol. The summed E-state index contributed by atoms with van der Waals surface area (Å²) in [4.78, 5) is 0. The van der Waals surface area contributed by atoms with Crippen molar-refractivity contribution in [2.24, 2.45) is 5.92 Å². The molecule has 0 bridgehead atoms. The van der Waals surface area contributed by atoms with Crippen molar-refractivity contribution in [3.8, 4) is 0 Å². The fraction of sp³-hybridized carbons (Fsp3) is 1.00. The van der Waals surface area contributed by atoms with Crippen LogP contribution in [0.1, 0.15) is 59.8 Å². The zero-order chi connectivity index (χ0) is 12.2. The van der Waals surface area contributed by atoms with E-state index in [9.17, 15) is 0 Å². The molecule has 0 aliphatic heterocycles. The molecule has 1 N–H and O–H groups in total. The number of hydrogen-bond acceptors (Lipinski definition) is 2. The summed E-state index contributed by atoms with van der Waals surface area (Å²) in [5, 5.41) is 3.44. The first-order valence-corrected chi connectivity index (χ1v) is 6.99. The van der Waals surface area contributed by atoms with Gasteiger partial charge in [-0.1, -0.05) is 33.6 Å². The van der Waals surface area contributed by atoms with E-state index in [4.69, 9.17) is 4.74 Å². The quantitative estimate of drug-likeness (QED) is 0.547. The highest BCUT2D eigenvalue weighted by molar-refractivity contribution is 4.56. The molecule has 2 nitrogen and oxygen atoms in total. The van der Waals surface area contributed by atoms with E-state index in [0.717, 1.165) is 25.6 Å². The Bertz CT molecular complexity index is 137. The van der Waals surface area contributed by atoms with E-state index in [1.165, 1.54) is 32.1 Å². The number of hydrogen-bond donors (Lipinski definition) is 1. The molecular formula is C14H31NO. The fourth-order valence-electron chi connectivity index (χ4n) is 1.64. The van der Waals surface area contributed by atoms with Crippen molar-refractivity contribution in [2.45, 2.75) is 65.9 Å². The van der Waals surface area contributed by atoms with Crippen LogP contribution < -0.4 is 5.32 Å². The van der Waals surface area contributed by atoms with Crippen LogP contribution in [-0.4, -0.2) is 25.8 Å². The SMILES string of the molecule is CCCCCNCC(C)OCCCC(C)C. The average Bonchev–Trinajstić information content (AvgIpc) is 2.24. The van der Waals surface area contributed by atoms with E-state index < -0.39 is 0 Å². The molecule has 0 aromatic heterocycles.